The average Bonchev–Trinajstić information content (AvgIpc) is 2.35. The van der Waals surface area contributed by atoms with E-state index in [9.17, 15) is 0 Å². The van der Waals surface area contributed by atoms with E-state index in [4.69, 9.17) is 15.2 Å². The van der Waals surface area contributed by atoms with Gasteiger partial charge in [-0.2, -0.15) is 0 Å². The zero-order valence-electron chi connectivity index (χ0n) is 11.5. The molecule has 3 unspecified atom stereocenters. The van der Waals surface area contributed by atoms with Gasteiger partial charge in [0.1, 0.15) is 0 Å². The lowest BCUT2D eigenvalue weighted by Crippen LogP contribution is -2.53. The van der Waals surface area contributed by atoms with Crippen LogP contribution in [0.15, 0.2) is 0 Å². The van der Waals surface area contributed by atoms with Crippen molar-refractivity contribution in [2.24, 2.45) is 11.7 Å². The molecule has 0 spiro atoms. The molecule has 0 aliphatic carbocycles. The molecule has 4 nitrogen and oxygen atoms in total. The first kappa shape index (κ1) is 14.9. The second kappa shape index (κ2) is 8.03. The Morgan fingerprint density at radius 2 is 2.29 bits per heavy atom. The molecular weight excluding hydrogens is 216 g/mol. The van der Waals surface area contributed by atoms with Crippen molar-refractivity contribution in [2.45, 2.75) is 38.8 Å². The van der Waals surface area contributed by atoms with E-state index in [2.05, 4.69) is 18.7 Å². The molecule has 0 aromatic carbocycles. The molecule has 0 radical (unpaired) electrons. The van der Waals surface area contributed by atoms with Gasteiger partial charge < -0.3 is 15.2 Å². The molecule has 0 aromatic heterocycles. The van der Waals surface area contributed by atoms with E-state index in [1.807, 2.05) is 0 Å². The maximum absolute atomic E-state index is 6.28. The SMILES string of the molecule is CCCN1CCOC(C(N)C(C)CCOC)C1. The highest BCUT2D eigenvalue weighted by atomic mass is 16.5. The molecule has 4 heteroatoms. The maximum atomic E-state index is 6.28. The Labute approximate surface area is 105 Å². The van der Waals surface area contributed by atoms with E-state index in [0.717, 1.165) is 39.3 Å². The summed E-state index contributed by atoms with van der Waals surface area (Å²) in [6, 6.07) is 0.116. The summed E-state index contributed by atoms with van der Waals surface area (Å²) in [6.45, 7) is 9.17. The van der Waals surface area contributed by atoms with Crippen molar-refractivity contribution in [1.82, 2.24) is 4.90 Å². The zero-order chi connectivity index (χ0) is 12.7. The minimum atomic E-state index is 0.116. The monoisotopic (exact) mass is 244 g/mol. The van der Waals surface area contributed by atoms with Crippen LogP contribution >= 0.6 is 0 Å². The van der Waals surface area contributed by atoms with Crippen molar-refractivity contribution < 1.29 is 9.47 Å². The topological polar surface area (TPSA) is 47.7 Å². The Bertz CT molecular complexity index is 200. The number of hydrogen-bond donors (Lipinski definition) is 1. The number of hydrogen-bond acceptors (Lipinski definition) is 4. The Kier molecular flexibility index (Phi) is 7.04. The second-order valence-electron chi connectivity index (χ2n) is 5.05. The van der Waals surface area contributed by atoms with Gasteiger partial charge >= 0.3 is 0 Å². The fourth-order valence-electron chi connectivity index (χ4n) is 2.35. The number of nitrogens with two attached hydrogens (primary N) is 1. The predicted molar refractivity (Wildman–Crippen MR) is 70.1 cm³/mol. The lowest BCUT2D eigenvalue weighted by atomic mass is 9.94. The summed E-state index contributed by atoms with van der Waals surface area (Å²) < 4.78 is 10.9. The van der Waals surface area contributed by atoms with Crippen LogP contribution in [-0.2, 0) is 9.47 Å². The molecule has 0 amide bonds. The van der Waals surface area contributed by atoms with Crippen LogP contribution in [0.2, 0.25) is 0 Å². The number of morpholine rings is 1. The maximum Gasteiger partial charge on any atom is 0.0855 e. The quantitative estimate of drug-likeness (QED) is 0.728. The largest absolute Gasteiger partial charge is 0.385 e. The first-order chi connectivity index (χ1) is 8.19. The Morgan fingerprint density at radius 3 is 2.94 bits per heavy atom. The van der Waals surface area contributed by atoms with Crippen molar-refractivity contribution in [3.8, 4) is 0 Å². The molecular formula is C13H28N2O2. The summed E-state index contributed by atoms with van der Waals surface area (Å²) >= 11 is 0. The number of nitrogens with zero attached hydrogens (tertiary/aromatic N) is 1. The third-order valence-corrected chi connectivity index (χ3v) is 3.58. The molecule has 1 saturated heterocycles. The third kappa shape index (κ3) is 4.92. The van der Waals surface area contributed by atoms with Crippen molar-refractivity contribution >= 4 is 0 Å². The molecule has 1 rings (SSSR count). The van der Waals surface area contributed by atoms with Gasteiger partial charge in [0.05, 0.1) is 12.7 Å². The van der Waals surface area contributed by atoms with Gasteiger partial charge in [-0.3, -0.25) is 4.90 Å². The lowest BCUT2D eigenvalue weighted by Gasteiger charge is -2.37. The summed E-state index contributed by atoms with van der Waals surface area (Å²) in [6.07, 6.45) is 2.38. The highest BCUT2D eigenvalue weighted by molar-refractivity contribution is 4.83. The lowest BCUT2D eigenvalue weighted by molar-refractivity contribution is -0.0496. The standard InChI is InChI=1S/C13H28N2O2/c1-4-6-15-7-9-17-12(10-15)13(14)11(2)5-8-16-3/h11-13H,4-10,14H2,1-3H3. The predicted octanol–water partition coefficient (Wildman–Crippen LogP) is 1.10. The fourth-order valence-corrected chi connectivity index (χ4v) is 2.35. The van der Waals surface area contributed by atoms with E-state index in [1.165, 1.54) is 6.42 Å². The minimum Gasteiger partial charge on any atom is -0.385 e. The summed E-state index contributed by atoms with van der Waals surface area (Å²) in [5.74, 6) is 0.446. The highest BCUT2D eigenvalue weighted by Crippen LogP contribution is 2.16. The van der Waals surface area contributed by atoms with Gasteiger partial charge in [0, 0.05) is 32.8 Å². The van der Waals surface area contributed by atoms with E-state index in [0.29, 0.717) is 5.92 Å². The first-order valence-corrected chi connectivity index (χ1v) is 6.77. The van der Waals surface area contributed by atoms with Crippen LogP contribution in [0.5, 0.6) is 0 Å². The molecule has 0 aromatic rings. The Hall–Kier alpha value is -0.160. The number of ether oxygens (including phenoxy) is 2. The number of rotatable bonds is 7. The van der Waals surface area contributed by atoms with Gasteiger partial charge in [-0.1, -0.05) is 13.8 Å². The smallest absolute Gasteiger partial charge is 0.0855 e. The van der Waals surface area contributed by atoms with E-state index in [1.54, 1.807) is 7.11 Å². The molecule has 102 valence electrons. The van der Waals surface area contributed by atoms with Gasteiger partial charge in [-0.25, -0.2) is 0 Å². The summed E-state index contributed by atoms with van der Waals surface area (Å²) in [5.41, 5.74) is 6.28. The van der Waals surface area contributed by atoms with Crippen LogP contribution in [0, 0.1) is 5.92 Å². The van der Waals surface area contributed by atoms with Crippen LogP contribution < -0.4 is 5.73 Å². The molecule has 0 bridgehead atoms. The molecule has 0 saturated carbocycles. The molecule has 17 heavy (non-hydrogen) atoms. The molecule has 1 fully saturated rings. The third-order valence-electron chi connectivity index (χ3n) is 3.58. The molecule has 1 aliphatic heterocycles. The fraction of sp³-hybridized carbons (Fsp3) is 1.00. The van der Waals surface area contributed by atoms with Crippen molar-refractivity contribution in [1.29, 1.82) is 0 Å². The summed E-state index contributed by atoms with van der Waals surface area (Å²) in [7, 11) is 1.73. The summed E-state index contributed by atoms with van der Waals surface area (Å²) in [4.78, 5) is 2.46. The van der Waals surface area contributed by atoms with E-state index >= 15 is 0 Å². The van der Waals surface area contributed by atoms with Crippen molar-refractivity contribution in [3.63, 3.8) is 0 Å². The van der Waals surface area contributed by atoms with Gasteiger partial charge in [0.25, 0.3) is 0 Å². The summed E-state index contributed by atoms with van der Waals surface area (Å²) in [5, 5.41) is 0. The minimum absolute atomic E-state index is 0.116. The van der Waals surface area contributed by atoms with Gasteiger partial charge in [-0.05, 0) is 25.3 Å². The Morgan fingerprint density at radius 1 is 1.53 bits per heavy atom. The van der Waals surface area contributed by atoms with Crippen LogP contribution in [0.25, 0.3) is 0 Å². The number of methoxy groups -OCH3 is 1. The van der Waals surface area contributed by atoms with Crippen LogP contribution in [0.4, 0.5) is 0 Å². The Balaban J connectivity index is 2.36. The molecule has 1 heterocycles. The van der Waals surface area contributed by atoms with E-state index < -0.39 is 0 Å². The van der Waals surface area contributed by atoms with Crippen LogP contribution in [0.1, 0.15) is 26.7 Å². The van der Waals surface area contributed by atoms with Gasteiger partial charge in [0.2, 0.25) is 0 Å². The van der Waals surface area contributed by atoms with Crippen LogP contribution in [0.3, 0.4) is 0 Å². The van der Waals surface area contributed by atoms with E-state index in [-0.39, 0.29) is 12.1 Å². The molecule has 3 atom stereocenters. The van der Waals surface area contributed by atoms with Gasteiger partial charge in [-0.15, -0.1) is 0 Å². The average molecular weight is 244 g/mol. The van der Waals surface area contributed by atoms with Crippen molar-refractivity contribution in [3.05, 3.63) is 0 Å². The van der Waals surface area contributed by atoms with Crippen molar-refractivity contribution in [2.75, 3.05) is 40.0 Å². The highest BCUT2D eigenvalue weighted by Gasteiger charge is 2.28. The molecule has 1 aliphatic rings. The van der Waals surface area contributed by atoms with Crippen LogP contribution in [-0.4, -0.2) is 57.0 Å². The normalized spacial score (nSPS) is 25.8. The second-order valence-corrected chi connectivity index (χ2v) is 5.05. The molecule has 2 N–H and O–H groups in total. The zero-order valence-corrected chi connectivity index (χ0v) is 11.5. The van der Waals surface area contributed by atoms with Gasteiger partial charge in [0.15, 0.2) is 0 Å². The first-order valence-electron chi connectivity index (χ1n) is 6.77.